The standard InChI is InChI=1S/C10H15N3.C10H11NO.H2/c1-2-7-13(8-3-1)9-10-11-5-4-6-12-10;12-7-11-10-5-3-9(4-6-10)8-1-2-8;/h4-6H,1-3,7-9H2;3-8H,1-2H2,(H,11,12);1H. The van der Waals surface area contributed by atoms with Crippen LogP contribution in [0.5, 0.6) is 0 Å². The maximum atomic E-state index is 10.1. The van der Waals surface area contributed by atoms with Gasteiger partial charge in [0.1, 0.15) is 5.82 Å². The molecule has 1 N–H and O–H groups in total. The second-order valence-electron chi connectivity index (χ2n) is 6.66. The van der Waals surface area contributed by atoms with Crippen LogP contribution in [0.15, 0.2) is 42.7 Å². The van der Waals surface area contributed by atoms with E-state index in [2.05, 4.69) is 32.3 Å². The lowest BCUT2D eigenvalue weighted by Gasteiger charge is -2.25. The number of amides is 1. The van der Waals surface area contributed by atoms with Crippen LogP contribution in [0.1, 0.15) is 50.8 Å². The van der Waals surface area contributed by atoms with Crippen LogP contribution in [0.2, 0.25) is 0 Å². The average Bonchev–Trinajstić information content (AvgIpc) is 3.50. The molecule has 1 saturated heterocycles. The number of aromatic nitrogens is 2. The summed E-state index contributed by atoms with van der Waals surface area (Å²) in [4.78, 5) is 21.0. The molecule has 5 heteroatoms. The molecule has 5 nitrogen and oxygen atoms in total. The Morgan fingerprint density at radius 1 is 1.08 bits per heavy atom. The normalized spacial score (nSPS) is 17.3. The summed E-state index contributed by atoms with van der Waals surface area (Å²) in [5, 5.41) is 2.61. The maximum Gasteiger partial charge on any atom is 0.211 e. The first kappa shape index (κ1) is 17.5. The SMILES string of the molecule is O=CNc1ccc(C2CC2)cc1.[HH].c1cnc(CN2CCCCC2)nc1. The van der Waals surface area contributed by atoms with Gasteiger partial charge in [0.25, 0.3) is 0 Å². The third-order valence-corrected chi connectivity index (χ3v) is 4.62. The lowest BCUT2D eigenvalue weighted by Crippen LogP contribution is -2.29. The molecule has 1 aromatic heterocycles. The molecule has 1 aliphatic heterocycles. The highest BCUT2D eigenvalue weighted by atomic mass is 16.1. The van der Waals surface area contributed by atoms with Gasteiger partial charge in [-0.05, 0) is 68.5 Å². The number of hydrogen-bond donors (Lipinski definition) is 1. The van der Waals surface area contributed by atoms with E-state index in [1.54, 1.807) is 0 Å². The van der Waals surface area contributed by atoms with Gasteiger partial charge in [-0.25, -0.2) is 9.97 Å². The quantitative estimate of drug-likeness (QED) is 0.840. The number of nitrogens with zero attached hydrogens (tertiary/aromatic N) is 3. The fraction of sp³-hybridized carbons (Fsp3) is 0.450. The van der Waals surface area contributed by atoms with E-state index in [1.165, 1.54) is 50.8 Å². The minimum Gasteiger partial charge on any atom is -0.329 e. The third kappa shape index (κ3) is 5.94. The molecule has 2 fully saturated rings. The first-order valence-corrected chi connectivity index (χ1v) is 9.13. The molecule has 0 atom stereocenters. The summed E-state index contributed by atoms with van der Waals surface area (Å²) in [7, 11) is 0. The van der Waals surface area contributed by atoms with E-state index in [1.807, 2.05) is 30.6 Å². The van der Waals surface area contributed by atoms with E-state index in [0.29, 0.717) is 6.41 Å². The Morgan fingerprint density at radius 3 is 2.36 bits per heavy atom. The zero-order valence-corrected chi connectivity index (χ0v) is 14.6. The molecule has 2 aliphatic rings. The van der Waals surface area contributed by atoms with E-state index in [0.717, 1.165) is 24.0 Å². The van der Waals surface area contributed by atoms with Gasteiger partial charge in [-0.1, -0.05) is 18.6 Å². The van der Waals surface area contributed by atoms with Crippen LogP contribution in [0.3, 0.4) is 0 Å². The second-order valence-corrected chi connectivity index (χ2v) is 6.66. The van der Waals surface area contributed by atoms with Crippen molar-refractivity contribution in [1.82, 2.24) is 14.9 Å². The number of anilines is 1. The van der Waals surface area contributed by atoms with E-state index in [-0.39, 0.29) is 1.43 Å². The predicted molar refractivity (Wildman–Crippen MR) is 101 cm³/mol. The molecule has 2 aromatic rings. The molecule has 1 aliphatic carbocycles. The fourth-order valence-electron chi connectivity index (χ4n) is 3.07. The van der Waals surface area contributed by atoms with Crippen molar-refractivity contribution in [2.24, 2.45) is 0 Å². The molecular weight excluding hydrogens is 312 g/mol. The van der Waals surface area contributed by atoms with Crippen LogP contribution >= 0.6 is 0 Å². The van der Waals surface area contributed by atoms with Crippen molar-refractivity contribution in [3.05, 3.63) is 54.1 Å². The molecular formula is C20H28N4O. The highest BCUT2D eigenvalue weighted by Crippen LogP contribution is 2.40. The van der Waals surface area contributed by atoms with Crippen LogP contribution < -0.4 is 5.32 Å². The first-order valence-electron chi connectivity index (χ1n) is 9.13. The minimum absolute atomic E-state index is 0. The summed E-state index contributed by atoms with van der Waals surface area (Å²) in [6.07, 6.45) is 11.0. The molecule has 0 bridgehead atoms. The van der Waals surface area contributed by atoms with Crippen LogP contribution in [0.25, 0.3) is 0 Å². The third-order valence-electron chi connectivity index (χ3n) is 4.62. The van der Waals surface area contributed by atoms with Crippen molar-refractivity contribution in [3.8, 4) is 0 Å². The Hall–Kier alpha value is -2.27. The second kappa shape index (κ2) is 9.28. The van der Waals surface area contributed by atoms with Gasteiger partial charge in [-0.15, -0.1) is 0 Å². The molecule has 1 amide bonds. The van der Waals surface area contributed by atoms with Crippen molar-refractivity contribution < 1.29 is 6.22 Å². The van der Waals surface area contributed by atoms with Crippen molar-refractivity contribution in [2.45, 2.75) is 44.6 Å². The average molecular weight is 340 g/mol. The van der Waals surface area contributed by atoms with Gasteiger partial charge in [0, 0.05) is 19.5 Å². The van der Waals surface area contributed by atoms with Crippen LogP contribution in [-0.4, -0.2) is 34.4 Å². The first-order chi connectivity index (χ1) is 12.3. The van der Waals surface area contributed by atoms with Gasteiger partial charge in [-0.2, -0.15) is 0 Å². The molecule has 4 rings (SSSR count). The molecule has 25 heavy (non-hydrogen) atoms. The summed E-state index contributed by atoms with van der Waals surface area (Å²) >= 11 is 0. The van der Waals surface area contributed by atoms with Crippen LogP contribution in [-0.2, 0) is 11.3 Å². The summed E-state index contributed by atoms with van der Waals surface area (Å²) in [5.74, 6) is 1.74. The maximum absolute atomic E-state index is 10.1. The lowest BCUT2D eigenvalue weighted by molar-refractivity contribution is -0.105. The summed E-state index contributed by atoms with van der Waals surface area (Å²) in [5.41, 5.74) is 2.26. The molecule has 1 aromatic carbocycles. The van der Waals surface area contributed by atoms with Gasteiger partial charge >= 0.3 is 0 Å². The van der Waals surface area contributed by atoms with Crippen molar-refractivity contribution in [1.29, 1.82) is 0 Å². The van der Waals surface area contributed by atoms with Gasteiger partial charge in [0.15, 0.2) is 0 Å². The monoisotopic (exact) mass is 340 g/mol. The van der Waals surface area contributed by atoms with Gasteiger partial charge in [0.2, 0.25) is 6.41 Å². The minimum atomic E-state index is 0. The Balaban J connectivity index is 0.000000180. The molecule has 2 heterocycles. The topological polar surface area (TPSA) is 58.1 Å². The summed E-state index contributed by atoms with van der Waals surface area (Å²) in [6.45, 7) is 3.33. The highest BCUT2D eigenvalue weighted by Gasteiger charge is 2.22. The number of likely N-dealkylation sites (tertiary alicyclic amines) is 1. The zero-order valence-electron chi connectivity index (χ0n) is 14.6. The van der Waals surface area contributed by atoms with Crippen molar-refractivity contribution >= 4 is 12.1 Å². The number of nitrogens with one attached hydrogen (secondary N) is 1. The number of carbonyl (C=O) groups is 1. The number of benzene rings is 1. The number of hydrogen-bond acceptors (Lipinski definition) is 4. The van der Waals surface area contributed by atoms with E-state index in [9.17, 15) is 4.79 Å². The van der Waals surface area contributed by atoms with Crippen LogP contribution in [0.4, 0.5) is 5.69 Å². The van der Waals surface area contributed by atoms with Gasteiger partial charge in [-0.3, -0.25) is 9.69 Å². The van der Waals surface area contributed by atoms with E-state index < -0.39 is 0 Å². The van der Waals surface area contributed by atoms with E-state index >= 15 is 0 Å². The lowest BCUT2D eigenvalue weighted by atomic mass is 10.1. The Kier molecular flexibility index (Phi) is 6.51. The van der Waals surface area contributed by atoms with Crippen molar-refractivity contribution in [2.75, 3.05) is 18.4 Å². The zero-order chi connectivity index (χ0) is 17.3. The fourth-order valence-corrected chi connectivity index (χ4v) is 3.07. The van der Waals surface area contributed by atoms with Crippen LogP contribution in [0, 0.1) is 0 Å². The number of rotatable bonds is 5. The van der Waals surface area contributed by atoms with Crippen molar-refractivity contribution in [3.63, 3.8) is 0 Å². The summed E-state index contributed by atoms with van der Waals surface area (Å²) in [6, 6.07) is 9.93. The number of piperidine rings is 1. The number of carbonyl (C=O) groups excluding carboxylic acids is 1. The summed E-state index contributed by atoms with van der Waals surface area (Å²) < 4.78 is 0. The highest BCUT2D eigenvalue weighted by molar-refractivity contribution is 5.71. The molecule has 134 valence electrons. The molecule has 0 unspecified atom stereocenters. The molecule has 0 spiro atoms. The van der Waals surface area contributed by atoms with Gasteiger partial charge < -0.3 is 5.32 Å². The Labute approximate surface area is 151 Å². The van der Waals surface area contributed by atoms with Gasteiger partial charge in [0.05, 0.1) is 6.54 Å². The largest absolute Gasteiger partial charge is 0.329 e. The predicted octanol–water partition coefficient (Wildman–Crippen LogP) is 3.84. The smallest absolute Gasteiger partial charge is 0.211 e. The Bertz CT molecular complexity index is 641. The molecule has 1 saturated carbocycles. The molecule has 0 radical (unpaired) electrons. The Morgan fingerprint density at radius 2 is 1.76 bits per heavy atom. The van der Waals surface area contributed by atoms with E-state index in [4.69, 9.17) is 0 Å².